The topological polar surface area (TPSA) is 88.1 Å². The molecule has 4 aliphatic rings. The maximum absolute atomic E-state index is 8.84. The van der Waals surface area contributed by atoms with Crippen molar-refractivity contribution in [1.29, 1.82) is 5.41 Å². The van der Waals surface area contributed by atoms with Gasteiger partial charge in [-0.05, 0) is 51.4 Å². The van der Waals surface area contributed by atoms with Crippen LogP contribution in [0.25, 0.3) is 0 Å². The molecule has 1 aromatic carbocycles. The van der Waals surface area contributed by atoms with Gasteiger partial charge in [0.1, 0.15) is 30.3 Å². The van der Waals surface area contributed by atoms with Gasteiger partial charge in [0.2, 0.25) is 5.82 Å². The van der Waals surface area contributed by atoms with Gasteiger partial charge in [0.15, 0.2) is 6.04 Å². The summed E-state index contributed by atoms with van der Waals surface area (Å²) in [6, 6.07) is 9.56. The third-order valence-corrected chi connectivity index (χ3v) is 7.89. The number of nitrogen functional groups attached to an aromatic ring is 1. The van der Waals surface area contributed by atoms with Crippen molar-refractivity contribution >= 4 is 17.2 Å². The number of nitrogens with one attached hydrogen (secondary N) is 1. The van der Waals surface area contributed by atoms with Crippen molar-refractivity contribution < 1.29 is 4.74 Å². The summed E-state index contributed by atoms with van der Waals surface area (Å²) in [7, 11) is 2.25. The Morgan fingerprint density at radius 1 is 1.23 bits per heavy atom. The maximum atomic E-state index is 8.84. The maximum Gasteiger partial charge on any atom is 0.232 e. The van der Waals surface area contributed by atoms with Crippen LogP contribution in [0.5, 0.6) is 5.75 Å². The number of nitrogens with zero attached hydrogens (tertiary/aromatic N) is 4. The molecule has 1 aromatic heterocycles. The van der Waals surface area contributed by atoms with E-state index in [0.717, 1.165) is 42.0 Å². The van der Waals surface area contributed by atoms with Crippen molar-refractivity contribution in [2.24, 2.45) is 0 Å². The molecule has 4 fully saturated rings. The Bertz CT molecular complexity index is 1050. The lowest BCUT2D eigenvalue weighted by Crippen LogP contribution is -2.54. The molecule has 7 heteroatoms. The Hall–Kier alpha value is -2.51. The molecule has 4 unspecified atom stereocenters. The van der Waals surface area contributed by atoms with Crippen molar-refractivity contribution in [3.8, 4) is 5.75 Å². The Morgan fingerprint density at radius 2 is 2.07 bits per heavy atom. The number of ether oxygens (including phenoxy) is 1. The molecule has 1 aliphatic carbocycles. The number of hydrogen-bond acceptors (Lipinski definition) is 6. The van der Waals surface area contributed by atoms with Gasteiger partial charge in [0.25, 0.3) is 0 Å². The van der Waals surface area contributed by atoms with E-state index in [4.69, 9.17) is 15.9 Å². The van der Waals surface area contributed by atoms with Crippen LogP contribution in [0, 0.1) is 5.41 Å². The number of piperazine rings is 1. The lowest BCUT2D eigenvalue weighted by Gasteiger charge is -2.38. The van der Waals surface area contributed by atoms with Gasteiger partial charge in [-0.15, -0.1) is 0 Å². The predicted octanol–water partition coefficient (Wildman–Crippen LogP) is 2.57. The number of nitrogens with two attached hydrogens (primary N) is 1. The van der Waals surface area contributed by atoms with Crippen LogP contribution in [0.1, 0.15) is 43.9 Å². The van der Waals surface area contributed by atoms with Crippen LogP contribution in [0.4, 0.5) is 11.5 Å². The van der Waals surface area contributed by atoms with Crippen molar-refractivity contribution in [3.05, 3.63) is 41.9 Å². The number of aromatic nitrogens is 2. The van der Waals surface area contributed by atoms with Crippen molar-refractivity contribution in [2.45, 2.75) is 56.3 Å². The fraction of sp³-hybridized carbons (Fsp3) is 0.522. The highest BCUT2D eigenvalue weighted by atomic mass is 16.5. The van der Waals surface area contributed by atoms with Crippen molar-refractivity contribution in [2.75, 3.05) is 25.9 Å². The first-order valence-electron chi connectivity index (χ1n) is 11.0. The van der Waals surface area contributed by atoms with Gasteiger partial charge in [-0.1, -0.05) is 0 Å². The van der Waals surface area contributed by atoms with Gasteiger partial charge in [-0.25, -0.2) is 4.98 Å². The highest BCUT2D eigenvalue weighted by molar-refractivity contribution is 6.13. The Kier molecular flexibility index (Phi) is 3.66. The minimum absolute atomic E-state index is 0.0667. The molecule has 4 heterocycles. The normalized spacial score (nSPS) is 33.1. The summed E-state index contributed by atoms with van der Waals surface area (Å²) in [6.45, 7) is 4.38. The van der Waals surface area contributed by atoms with Crippen LogP contribution >= 0.6 is 0 Å². The number of piperidine rings is 1. The van der Waals surface area contributed by atoms with Crippen molar-refractivity contribution in [1.82, 2.24) is 19.4 Å². The Morgan fingerprint density at radius 3 is 2.87 bits per heavy atom. The molecule has 3 N–H and O–H groups in total. The molecule has 2 bridgehead atoms. The monoisotopic (exact) mass is 405 g/mol. The standard InChI is InChI=1S/C23H29N6O/c1-23(7-8-23)30-15-4-5-17(24)16(9-15)22(25)18-10-21(27-13-26-18)29-12-14-3-6-19(29)20(29)11-28(14)2/h4-5,9-10,13-14,19-20,25H,3,6-8,11-12,24H2,1-2H3/q+1. The first-order chi connectivity index (χ1) is 14.4. The quantitative estimate of drug-likeness (QED) is 0.345. The summed E-state index contributed by atoms with van der Waals surface area (Å²) >= 11 is 0. The first-order valence-corrected chi connectivity index (χ1v) is 11.0. The largest absolute Gasteiger partial charge is 0.488 e. The summed E-state index contributed by atoms with van der Waals surface area (Å²) in [4.78, 5) is 11.6. The molecular weight excluding hydrogens is 376 g/mol. The predicted molar refractivity (Wildman–Crippen MR) is 117 cm³/mol. The molecule has 3 saturated heterocycles. The zero-order valence-corrected chi connectivity index (χ0v) is 17.6. The fourth-order valence-electron chi connectivity index (χ4n) is 5.76. The zero-order valence-electron chi connectivity index (χ0n) is 17.6. The minimum atomic E-state index is -0.0667. The fourth-order valence-corrected chi connectivity index (χ4v) is 5.76. The highest BCUT2D eigenvalue weighted by Gasteiger charge is 2.73. The van der Waals surface area contributed by atoms with Gasteiger partial charge in [0, 0.05) is 23.7 Å². The minimum Gasteiger partial charge on any atom is -0.488 e. The van der Waals surface area contributed by atoms with Gasteiger partial charge in [-0.3, -0.25) is 14.8 Å². The second-order valence-electron chi connectivity index (χ2n) is 9.86. The molecule has 2 aromatic rings. The number of rotatable bonds is 5. The van der Waals surface area contributed by atoms with Crippen LogP contribution in [-0.2, 0) is 0 Å². The van der Waals surface area contributed by atoms with E-state index in [9.17, 15) is 0 Å². The number of quaternary nitrogens is 1. The van der Waals surface area contributed by atoms with E-state index in [1.165, 1.54) is 12.8 Å². The van der Waals surface area contributed by atoms with E-state index in [-0.39, 0.29) is 5.60 Å². The molecule has 0 spiro atoms. The highest BCUT2D eigenvalue weighted by Crippen LogP contribution is 2.53. The number of likely N-dealkylation sites (N-methyl/N-ethyl adjacent to an activating group) is 1. The van der Waals surface area contributed by atoms with Crippen LogP contribution in [0.2, 0.25) is 0 Å². The van der Waals surface area contributed by atoms with E-state index in [0.29, 0.717) is 40.8 Å². The molecule has 30 heavy (non-hydrogen) atoms. The third kappa shape index (κ3) is 2.61. The summed E-state index contributed by atoms with van der Waals surface area (Å²) in [5.41, 5.74) is 8.38. The Balaban J connectivity index is 1.31. The van der Waals surface area contributed by atoms with E-state index < -0.39 is 0 Å². The molecule has 7 nitrogen and oxygen atoms in total. The average Bonchev–Trinajstić information content (AvgIpc) is 3.65. The number of hydrogen-bond donors (Lipinski definition) is 2. The molecule has 156 valence electrons. The number of benzene rings is 1. The summed E-state index contributed by atoms with van der Waals surface area (Å²) in [6.07, 6.45) is 6.31. The van der Waals surface area contributed by atoms with Crippen LogP contribution in [0.3, 0.4) is 0 Å². The number of anilines is 1. The Labute approximate surface area is 177 Å². The smallest absolute Gasteiger partial charge is 0.232 e. The van der Waals surface area contributed by atoms with Gasteiger partial charge >= 0.3 is 0 Å². The van der Waals surface area contributed by atoms with Crippen LogP contribution < -0.4 is 15.0 Å². The van der Waals surface area contributed by atoms with Crippen molar-refractivity contribution in [3.63, 3.8) is 0 Å². The summed E-state index contributed by atoms with van der Waals surface area (Å²) in [5, 5.41) is 8.84. The average molecular weight is 406 g/mol. The van der Waals surface area contributed by atoms with Crippen LogP contribution in [0.15, 0.2) is 30.6 Å². The number of likely N-dealkylation sites (tertiary alicyclic amines) is 1. The first kappa shape index (κ1) is 18.3. The molecule has 0 amide bonds. The van der Waals surface area contributed by atoms with Gasteiger partial charge in [0.05, 0.1) is 24.0 Å². The van der Waals surface area contributed by atoms with Gasteiger partial charge < -0.3 is 10.5 Å². The lowest BCUT2D eigenvalue weighted by molar-refractivity contribution is 0.144. The van der Waals surface area contributed by atoms with E-state index in [2.05, 4.69) is 28.8 Å². The van der Waals surface area contributed by atoms with E-state index >= 15 is 0 Å². The molecule has 4 atom stereocenters. The van der Waals surface area contributed by atoms with E-state index in [1.807, 2.05) is 24.3 Å². The lowest BCUT2D eigenvalue weighted by atomic mass is 10.0. The summed E-state index contributed by atoms with van der Waals surface area (Å²) in [5.74, 6) is 1.83. The third-order valence-electron chi connectivity index (χ3n) is 7.89. The summed E-state index contributed by atoms with van der Waals surface area (Å²) < 4.78 is 7.07. The molecule has 6 rings (SSSR count). The molecule has 1 saturated carbocycles. The second-order valence-corrected chi connectivity index (χ2v) is 9.86. The van der Waals surface area contributed by atoms with Gasteiger partial charge in [-0.2, -0.15) is 4.98 Å². The van der Waals surface area contributed by atoms with Crippen LogP contribution in [-0.4, -0.2) is 64.4 Å². The number of fused-ring (bicyclic) bond motifs is 2. The second kappa shape index (κ2) is 6.02. The van der Waals surface area contributed by atoms with E-state index in [1.54, 1.807) is 6.33 Å². The SMILES string of the molecule is CN1CC2C3CCC1C[N+]32c1cc(C(=N)c2cc(OC3(C)CC3)ccc2N)ncn1. The zero-order chi connectivity index (χ0) is 20.7. The molecule has 0 radical (unpaired) electrons. The molecular formula is C23H29N6O+. The molecule has 3 aliphatic heterocycles.